The Balaban J connectivity index is 1.76. The molecule has 9 heteroatoms. The van der Waals surface area contributed by atoms with Crippen LogP contribution in [-0.4, -0.2) is 48.8 Å². The molecule has 2 heterocycles. The summed E-state index contributed by atoms with van der Waals surface area (Å²) in [6.45, 7) is 0. The van der Waals surface area contributed by atoms with Crippen molar-refractivity contribution in [3.63, 3.8) is 0 Å². The lowest BCUT2D eigenvalue weighted by atomic mass is 10.1. The Morgan fingerprint density at radius 1 is 1.35 bits per heavy atom. The first-order valence-corrected chi connectivity index (χ1v) is 10.1. The van der Waals surface area contributed by atoms with Crippen LogP contribution in [0.1, 0.15) is 16.8 Å². The number of nitrogens with zero attached hydrogens (tertiary/aromatic N) is 2. The number of carbonyl (C=O) groups is 1. The minimum atomic E-state index is -3.07. The van der Waals surface area contributed by atoms with E-state index in [1.54, 1.807) is 19.2 Å². The molecule has 1 aromatic heterocycles. The Morgan fingerprint density at radius 3 is 2.77 bits per heavy atom. The first kappa shape index (κ1) is 18.6. The highest BCUT2D eigenvalue weighted by molar-refractivity contribution is 7.91. The van der Waals surface area contributed by atoms with E-state index in [0.717, 1.165) is 0 Å². The Labute approximate surface area is 155 Å². The highest BCUT2D eigenvalue weighted by Crippen LogP contribution is 2.23. The van der Waals surface area contributed by atoms with Crippen molar-refractivity contribution in [3.8, 4) is 0 Å². The van der Waals surface area contributed by atoms with E-state index in [1.807, 2.05) is 0 Å². The predicted octanol–water partition coefficient (Wildman–Crippen LogP) is 2.88. The lowest BCUT2D eigenvalue weighted by molar-refractivity contribution is 0.0747. The molecule has 3 rings (SSSR count). The van der Waals surface area contributed by atoms with Gasteiger partial charge in [-0.25, -0.2) is 17.8 Å². The van der Waals surface area contributed by atoms with Crippen LogP contribution in [0, 0.1) is 5.82 Å². The number of nitrogens with one attached hydrogen (secondary N) is 1. The summed E-state index contributed by atoms with van der Waals surface area (Å²) >= 11 is 5.75. The summed E-state index contributed by atoms with van der Waals surface area (Å²) in [6, 6.07) is 6.95. The smallest absolute Gasteiger partial charge is 0.254 e. The van der Waals surface area contributed by atoms with Crippen molar-refractivity contribution < 1.29 is 17.6 Å². The van der Waals surface area contributed by atoms with Gasteiger partial charge in [0.25, 0.3) is 5.91 Å². The molecule has 1 fully saturated rings. The van der Waals surface area contributed by atoms with Gasteiger partial charge < -0.3 is 10.2 Å². The van der Waals surface area contributed by atoms with Crippen LogP contribution in [-0.2, 0) is 9.84 Å². The van der Waals surface area contributed by atoms with Crippen molar-refractivity contribution in [1.82, 2.24) is 9.88 Å². The molecular weight excluding hydrogens is 381 g/mol. The zero-order valence-corrected chi connectivity index (χ0v) is 15.5. The standard InChI is InChI=1S/C17H17ClFN3O3S/c1-22(13-5-7-26(24,25)10-13)17(23)11-4-6-20-16(8-11)21-12-2-3-15(19)14(18)9-12/h2-4,6,8-9,13H,5,7,10H2,1H3,(H,20,21). The van der Waals surface area contributed by atoms with E-state index in [-0.39, 0.29) is 28.5 Å². The van der Waals surface area contributed by atoms with Gasteiger partial charge in [-0.15, -0.1) is 0 Å². The summed E-state index contributed by atoms with van der Waals surface area (Å²) in [6.07, 6.45) is 1.91. The maximum Gasteiger partial charge on any atom is 0.254 e. The quantitative estimate of drug-likeness (QED) is 0.858. The van der Waals surface area contributed by atoms with Crippen LogP contribution >= 0.6 is 11.6 Å². The van der Waals surface area contributed by atoms with Crippen molar-refractivity contribution in [3.05, 3.63) is 52.9 Å². The monoisotopic (exact) mass is 397 g/mol. The highest BCUT2D eigenvalue weighted by atomic mass is 35.5. The Bertz CT molecular complexity index is 952. The fourth-order valence-corrected chi connectivity index (χ4v) is 4.76. The third-order valence-electron chi connectivity index (χ3n) is 4.28. The van der Waals surface area contributed by atoms with Gasteiger partial charge in [-0.1, -0.05) is 11.6 Å². The first-order chi connectivity index (χ1) is 12.2. The maximum absolute atomic E-state index is 13.2. The van der Waals surface area contributed by atoms with E-state index in [0.29, 0.717) is 23.5 Å². The molecule has 0 saturated carbocycles. The number of amides is 1. The summed E-state index contributed by atoms with van der Waals surface area (Å²) in [7, 11) is -1.48. The van der Waals surface area contributed by atoms with Gasteiger partial charge in [0.15, 0.2) is 9.84 Å². The Kier molecular flexibility index (Phi) is 5.15. The molecule has 1 saturated heterocycles. The number of aromatic nitrogens is 1. The van der Waals surface area contributed by atoms with Crippen molar-refractivity contribution in [1.29, 1.82) is 0 Å². The van der Waals surface area contributed by atoms with Crippen LogP contribution in [0.4, 0.5) is 15.9 Å². The number of rotatable bonds is 4. The molecule has 1 unspecified atom stereocenters. The zero-order chi connectivity index (χ0) is 18.9. The topological polar surface area (TPSA) is 79.4 Å². The SMILES string of the molecule is CN(C(=O)c1ccnc(Nc2ccc(F)c(Cl)c2)c1)C1CCS(=O)(=O)C1. The average Bonchev–Trinajstić information content (AvgIpc) is 2.97. The lowest BCUT2D eigenvalue weighted by Gasteiger charge is -2.23. The average molecular weight is 398 g/mol. The molecule has 0 bridgehead atoms. The van der Waals surface area contributed by atoms with Crippen LogP contribution in [0.3, 0.4) is 0 Å². The summed E-state index contributed by atoms with van der Waals surface area (Å²) in [5.41, 5.74) is 0.909. The van der Waals surface area contributed by atoms with Gasteiger partial charge in [0.1, 0.15) is 11.6 Å². The van der Waals surface area contributed by atoms with Gasteiger partial charge in [0.2, 0.25) is 0 Å². The number of hydrogen-bond donors (Lipinski definition) is 1. The van der Waals surface area contributed by atoms with Crippen molar-refractivity contribution in [2.24, 2.45) is 0 Å². The van der Waals surface area contributed by atoms with Gasteiger partial charge in [-0.05, 0) is 36.8 Å². The van der Waals surface area contributed by atoms with Crippen molar-refractivity contribution in [2.75, 3.05) is 23.9 Å². The van der Waals surface area contributed by atoms with Crippen LogP contribution in [0.15, 0.2) is 36.5 Å². The molecule has 26 heavy (non-hydrogen) atoms. The summed E-state index contributed by atoms with van der Waals surface area (Å²) in [4.78, 5) is 18.2. The molecule has 1 N–H and O–H groups in total. The van der Waals surface area contributed by atoms with Crippen molar-refractivity contribution >= 4 is 38.9 Å². The third-order valence-corrected chi connectivity index (χ3v) is 6.32. The molecule has 2 aromatic rings. The molecule has 0 radical (unpaired) electrons. The molecular formula is C17H17ClFN3O3S. The predicted molar refractivity (Wildman–Crippen MR) is 98.1 cm³/mol. The van der Waals surface area contributed by atoms with Gasteiger partial charge in [0.05, 0.1) is 16.5 Å². The van der Waals surface area contributed by atoms with E-state index < -0.39 is 15.7 Å². The fraction of sp³-hybridized carbons (Fsp3) is 0.294. The van der Waals surface area contributed by atoms with E-state index >= 15 is 0 Å². The first-order valence-electron chi connectivity index (χ1n) is 7.91. The third kappa shape index (κ3) is 4.13. The molecule has 1 amide bonds. The number of sulfone groups is 1. The van der Waals surface area contributed by atoms with Crippen LogP contribution in [0.2, 0.25) is 5.02 Å². The molecule has 0 aliphatic carbocycles. The van der Waals surface area contributed by atoms with E-state index in [9.17, 15) is 17.6 Å². The Hall–Kier alpha value is -2.19. The molecule has 1 aliphatic rings. The molecule has 1 atom stereocenters. The number of anilines is 2. The zero-order valence-electron chi connectivity index (χ0n) is 13.9. The van der Waals surface area contributed by atoms with E-state index in [2.05, 4.69) is 10.3 Å². The maximum atomic E-state index is 13.2. The number of pyridine rings is 1. The molecule has 0 spiro atoms. The minimum absolute atomic E-state index is 0.0144. The fourth-order valence-electron chi connectivity index (χ4n) is 2.80. The van der Waals surface area contributed by atoms with Crippen LogP contribution < -0.4 is 5.32 Å². The number of halogens is 2. The van der Waals surface area contributed by atoms with Gasteiger partial charge in [-0.2, -0.15) is 0 Å². The second-order valence-electron chi connectivity index (χ2n) is 6.16. The highest BCUT2D eigenvalue weighted by Gasteiger charge is 2.33. The summed E-state index contributed by atoms with van der Waals surface area (Å²) < 4.78 is 36.5. The lowest BCUT2D eigenvalue weighted by Crippen LogP contribution is -2.37. The summed E-state index contributed by atoms with van der Waals surface area (Å²) in [5.74, 6) is -0.327. The molecule has 1 aliphatic heterocycles. The largest absolute Gasteiger partial charge is 0.340 e. The van der Waals surface area contributed by atoms with Gasteiger partial charge in [-0.3, -0.25) is 4.79 Å². The molecule has 6 nitrogen and oxygen atoms in total. The van der Waals surface area contributed by atoms with Crippen LogP contribution in [0.5, 0.6) is 0 Å². The second-order valence-corrected chi connectivity index (χ2v) is 8.79. The molecule has 1 aromatic carbocycles. The normalized spacial score (nSPS) is 18.5. The molecule has 138 valence electrons. The Morgan fingerprint density at radius 2 is 2.12 bits per heavy atom. The second kappa shape index (κ2) is 7.20. The number of benzene rings is 1. The number of hydrogen-bond acceptors (Lipinski definition) is 5. The van der Waals surface area contributed by atoms with E-state index in [1.165, 1.54) is 29.3 Å². The summed E-state index contributed by atoms with van der Waals surface area (Å²) in [5, 5.41) is 2.94. The number of carbonyl (C=O) groups excluding carboxylic acids is 1. The van der Waals surface area contributed by atoms with E-state index in [4.69, 9.17) is 11.6 Å². The van der Waals surface area contributed by atoms with Gasteiger partial charge in [0, 0.05) is 30.5 Å². The minimum Gasteiger partial charge on any atom is -0.340 e. The van der Waals surface area contributed by atoms with Gasteiger partial charge >= 0.3 is 0 Å². The van der Waals surface area contributed by atoms with Crippen molar-refractivity contribution in [2.45, 2.75) is 12.5 Å². The van der Waals surface area contributed by atoms with Crippen LogP contribution in [0.25, 0.3) is 0 Å².